The summed E-state index contributed by atoms with van der Waals surface area (Å²) in [5.41, 5.74) is -0.521. The minimum absolute atomic E-state index is 0.140. The van der Waals surface area contributed by atoms with E-state index in [4.69, 9.17) is 0 Å². The van der Waals surface area contributed by atoms with Crippen molar-refractivity contribution >= 4 is 11.6 Å². The summed E-state index contributed by atoms with van der Waals surface area (Å²) < 4.78 is 13.5. The molecule has 1 saturated carbocycles. The van der Waals surface area contributed by atoms with Gasteiger partial charge in [-0.25, -0.2) is 4.39 Å². The van der Waals surface area contributed by atoms with Crippen LogP contribution in [0.4, 0.5) is 10.1 Å². The van der Waals surface area contributed by atoms with Crippen LogP contribution in [-0.2, 0) is 0 Å². The van der Waals surface area contributed by atoms with Crippen molar-refractivity contribution in [2.24, 2.45) is 0 Å². The van der Waals surface area contributed by atoms with Crippen LogP contribution < -0.4 is 0 Å². The molecule has 0 aliphatic heterocycles. The summed E-state index contributed by atoms with van der Waals surface area (Å²) >= 11 is 0. The van der Waals surface area contributed by atoms with Crippen LogP contribution in [0.25, 0.3) is 0 Å². The largest absolute Gasteiger partial charge is 0.339 e. The summed E-state index contributed by atoms with van der Waals surface area (Å²) in [5, 5.41) is 10.6. The number of halogens is 1. The zero-order chi connectivity index (χ0) is 12.6. The number of amides is 1. The third-order valence-electron chi connectivity index (χ3n) is 2.81. The quantitative estimate of drug-likeness (QED) is 0.597. The summed E-state index contributed by atoms with van der Waals surface area (Å²) in [6.07, 6.45) is 1.80. The van der Waals surface area contributed by atoms with Gasteiger partial charge in [-0.1, -0.05) is 0 Å². The van der Waals surface area contributed by atoms with E-state index in [9.17, 15) is 19.3 Å². The van der Waals surface area contributed by atoms with Gasteiger partial charge in [0.25, 0.3) is 11.6 Å². The van der Waals surface area contributed by atoms with E-state index in [1.54, 1.807) is 7.05 Å². The van der Waals surface area contributed by atoms with Crippen LogP contribution >= 0.6 is 0 Å². The first-order chi connectivity index (χ1) is 8.00. The van der Waals surface area contributed by atoms with Gasteiger partial charge in [-0.3, -0.25) is 14.9 Å². The van der Waals surface area contributed by atoms with Crippen LogP contribution in [-0.4, -0.2) is 28.8 Å². The Morgan fingerprint density at radius 3 is 2.71 bits per heavy atom. The van der Waals surface area contributed by atoms with Crippen LogP contribution in [0, 0.1) is 15.9 Å². The molecule has 0 atom stereocenters. The topological polar surface area (TPSA) is 63.5 Å². The Balaban J connectivity index is 2.32. The fraction of sp³-hybridized carbons (Fsp3) is 0.364. The standard InChI is InChI=1S/C11H11FN2O3/c1-13(7-2-3-7)11(15)9-6-8(14(16)17)4-5-10(9)12/h4-7H,2-3H2,1H3. The van der Waals surface area contributed by atoms with Crippen molar-refractivity contribution in [3.63, 3.8) is 0 Å². The van der Waals surface area contributed by atoms with Gasteiger partial charge in [-0.2, -0.15) is 0 Å². The third kappa shape index (κ3) is 2.25. The molecule has 0 N–H and O–H groups in total. The first-order valence-electron chi connectivity index (χ1n) is 5.22. The molecule has 1 fully saturated rings. The molecule has 5 nitrogen and oxygen atoms in total. The van der Waals surface area contributed by atoms with Gasteiger partial charge in [0.15, 0.2) is 0 Å². The maximum atomic E-state index is 13.5. The van der Waals surface area contributed by atoms with Crippen LogP contribution in [0.5, 0.6) is 0 Å². The van der Waals surface area contributed by atoms with Gasteiger partial charge in [0, 0.05) is 25.2 Å². The number of benzene rings is 1. The Morgan fingerprint density at radius 2 is 2.18 bits per heavy atom. The smallest absolute Gasteiger partial charge is 0.270 e. The van der Waals surface area contributed by atoms with E-state index in [1.807, 2.05) is 0 Å². The van der Waals surface area contributed by atoms with Gasteiger partial charge in [0.2, 0.25) is 0 Å². The van der Waals surface area contributed by atoms with E-state index in [0.29, 0.717) is 0 Å². The second kappa shape index (κ2) is 4.12. The molecule has 0 radical (unpaired) electrons. The second-order valence-corrected chi connectivity index (χ2v) is 4.07. The maximum absolute atomic E-state index is 13.5. The van der Waals surface area contributed by atoms with Crippen LogP contribution in [0.15, 0.2) is 18.2 Å². The van der Waals surface area contributed by atoms with Gasteiger partial charge in [0.1, 0.15) is 5.82 Å². The Hall–Kier alpha value is -1.98. The molecule has 1 aromatic rings. The number of nitro benzene ring substituents is 1. The third-order valence-corrected chi connectivity index (χ3v) is 2.81. The van der Waals surface area contributed by atoms with Crippen molar-refractivity contribution in [2.75, 3.05) is 7.05 Å². The summed E-state index contributed by atoms with van der Waals surface area (Å²) in [7, 11) is 1.58. The van der Waals surface area contributed by atoms with Crippen LogP contribution in [0.3, 0.4) is 0 Å². The van der Waals surface area contributed by atoms with Crippen molar-refractivity contribution < 1.29 is 14.1 Å². The van der Waals surface area contributed by atoms with E-state index in [1.165, 1.54) is 4.90 Å². The van der Waals surface area contributed by atoms with Gasteiger partial charge in [0.05, 0.1) is 10.5 Å². The Bertz CT molecular complexity index is 486. The lowest BCUT2D eigenvalue weighted by atomic mass is 10.1. The zero-order valence-corrected chi connectivity index (χ0v) is 9.22. The molecular formula is C11H11FN2O3. The summed E-state index contributed by atoms with van der Waals surface area (Å²) in [4.78, 5) is 23.2. The average molecular weight is 238 g/mol. The van der Waals surface area contributed by atoms with Crippen molar-refractivity contribution in [3.8, 4) is 0 Å². The van der Waals surface area contributed by atoms with E-state index in [0.717, 1.165) is 31.0 Å². The molecule has 0 aromatic heterocycles. The monoisotopic (exact) mass is 238 g/mol. The van der Waals surface area contributed by atoms with Gasteiger partial charge < -0.3 is 4.90 Å². The first-order valence-corrected chi connectivity index (χ1v) is 5.22. The lowest BCUT2D eigenvalue weighted by Crippen LogP contribution is -2.29. The molecule has 2 rings (SSSR count). The number of carbonyl (C=O) groups is 1. The summed E-state index contributed by atoms with van der Waals surface area (Å²) in [5.74, 6) is -1.23. The fourth-order valence-electron chi connectivity index (χ4n) is 1.61. The van der Waals surface area contributed by atoms with Crippen molar-refractivity contribution in [1.82, 2.24) is 4.90 Å². The molecule has 90 valence electrons. The number of rotatable bonds is 3. The van der Waals surface area contributed by atoms with E-state index in [-0.39, 0.29) is 17.3 Å². The van der Waals surface area contributed by atoms with E-state index < -0.39 is 16.6 Å². The van der Waals surface area contributed by atoms with Crippen LogP contribution in [0.1, 0.15) is 23.2 Å². The molecular weight excluding hydrogens is 227 g/mol. The normalized spacial score (nSPS) is 14.5. The van der Waals surface area contributed by atoms with E-state index >= 15 is 0 Å². The molecule has 0 saturated heterocycles. The second-order valence-electron chi connectivity index (χ2n) is 4.07. The molecule has 1 aliphatic carbocycles. The first kappa shape index (κ1) is 11.5. The molecule has 0 spiro atoms. The molecule has 1 aliphatic rings. The lowest BCUT2D eigenvalue weighted by Gasteiger charge is -2.16. The molecule has 6 heteroatoms. The maximum Gasteiger partial charge on any atom is 0.270 e. The number of non-ortho nitro benzene ring substituents is 1. The van der Waals surface area contributed by atoms with Crippen molar-refractivity contribution in [2.45, 2.75) is 18.9 Å². The molecule has 0 unspecified atom stereocenters. The fourth-order valence-corrected chi connectivity index (χ4v) is 1.61. The highest BCUT2D eigenvalue weighted by Gasteiger charge is 2.31. The van der Waals surface area contributed by atoms with Gasteiger partial charge >= 0.3 is 0 Å². The summed E-state index contributed by atoms with van der Waals surface area (Å²) in [6.45, 7) is 0. The Morgan fingerprint density at radius 1 is 1.53 bits per heavy atom. The van der Waals surface area contributed by atoms with Gasteiger partial charge in [-0.05, 0) is 18.9 Å². The molecule has 1 aromatic carbocycles. The molecule has 17 heavy (non-hydrogen) atoms. The predicted molar refractivity (Wildman–Crippen MR) is 58.2 cm³/mol. The molecule has 0 heterocycles. The van der Waals surface area contributed by atoms with Crippen molar-refractivity contribution in [3.05, 3.63) is 39.7 Å². The zero-order valence-electron chi connectivity index (χ0n) is 9.22. The number of hydrogen-bond acceptors (Lipinski definition) is 3. The Labute approximate surface area is 97.0 Å². The SMILES string of the molecule is CN(C(=O)c1cc([N+](=O)[O-])ccc1F)C1CC1. The highest BCUT2D eigenvalue weighted by molar-refractivity contribution is 5.95. The lowest BCUT2D eigenvalue weighted by molar-refractivity contribution is -0.384. The number of nitro groups is 1. The predicted octanol–water partition coefficient (Wildman–Crippen LogP) is 1.97. The van der Waals surface area contributed by atoms with Crippen LogP contribution in [0.2, 0.25) is 0 Å². The summed E-state index contributed by atoms with van der Waals surface area (Å²) in [6, 6.07) is 3.12. The highest BCUT2D eigenvalue weighted by atomic mass is 19.1. The Kier molecular flexibility index (Phi) is 2.79. The minimum atomic E-state index is -0.729. The average Bonchev–Trinajstić information content (AvgIpc) is 3.11. The minimum Gasteiger partial charge on any atom is -0.339 e. The number of carbonyl (C=O) groups excluding carboxylic acids is 1. The molecule has 1 amide bonds. The van der Waals surface area contributed by atoms with Gasteiger partial charge in [-0.15, -0.1) is 0 Å². The number of hydrogen-bond donors (Lipinski definition) is 0. The van der Waals surface area contributed by atoms with Crippen molar-refractivity contribution in [1.29, 1.82) is 0 Å². The molecule has 0 bridgehead atoms. The number of nitrogens with zero attached hydrogens (tertiary/aromatic N) is 2. The highest BCUT2D eigenvalue weighted by Crippen LogP contribution is 2.28. The van der Waals surface area contributed by atoms with E-state index in [2.05, 4.69) is 0 Å².